The molecule has 0 spiro atoms. The number of nitrogens with zero attached hydrogens (tertiary/aromatic N) is 3. The predicted molar refractivity (Wildman–Crippen MR) is 113 cm³/mol. The summed E-state index contributed by atoms with van der Waals surface area (Å²) in [7, 11) is 0. The first-order chi connectivity index (χ1) is 15.0. The largest absolute Gasteiger partial charge is 0.379 e. The number of benzene rings is 2. The first-order valence-electron chi connectivity index (χ1n) is 10.5. The Morgan fingerprint density at radius 3 is 2.68 bits per heavy atom. The molecule has 1 aliphatic rings. The molecule has 7 heteroatoms. The van der Waals surface area contributed by atoms with Crippen LogP contribution in [0.1, 0.15) is 41.7 Å². The van der Waals surface area contributed by atoms with Crippen molar-refractivity contribution in [1.82, 2.24) is 14.7 Å². The molecule has 0 saturated carbocycles. The maximum atomic E-state index is 13.8. The van der Waals surface area contributed by atoms with E-state index in [1.807, 2.05) is 19.9 Å². The highest BCUT2D eigenvalue weighted by molar-refractivity contribution is 5.83. The Labute approximate surface area is 178 Å². The van der Waals surface area contributed by atoms with Crippen LogP contribution >= 0.6 is 0 Å². The first-order valence-corrected chi connectivity index (χ1v) is 10.5. The van der Waals surface area contributed by atoms with E-state index in [0.29, 0.717) is 18.6 Å². The highest BCUT2D eigenvalue weighted by Gasteiger charge is 2.23. The number of imidazole rings is 1. The number of aromatic nitrogens is 3. The monoisotopic (exact) mass is 423 g/mol. The second kappa shape index (κ2) is 7.89. The van der Waals surface area contributed by atoms with Crippen molar-refractivity contribution >= 4 is 11.0 Å². The van der Waals surface area contributed by atoms with Crippen LogP contribution in [-0.4, -0.2) is 27.9 Å². The molecule has 4 aromatic rings. The van der Waals surface area contributed by atoms with Crippen molar-refractivity contribution in [2.45, 2.75) is 39.2 Å². The lowest BCUT2D eigenvalue weighted by Crippen LogP contribution is -2.23. The van der Waals surface area contributed by atoms with Crippen molar-refractivity contribution in [3.8, 4) is 11.1 Å². The third-order valence-corrected chi connectivity index (χ3v) is 5.93. The van der Waals surface area contributed by atoms with Gasteiger partial charge in [0.05, 0.1) is 29.4 Å². The van der Waals surface area contributed by atoms with Crippen LogP contribution in [0.2, 0.25) is 0 Å². The molecule has 31 heavy (non-hydrogen) atoms. The van der Waals surface area contributed by atoms with E-state index in [1.165, 1.54) is 6.07 Å². The minimum absolute atomic E-state index is 0.156. The Balaban J connectivity index is 1.62. The topological polar surface area (TPSA) is 53.1 Å². The number of aryl methyl sites for hydroxylation is 2. The highest BCUT2D eigenvalue weighted by atomic mass is 19.2. The summed E-state index contributed by atoms with van der Waals surface area (Å²) in [5.41, 5.74) is 5.33. The second-order valence-electron chi connectivity index (χ2n) is 8.10. The highest BCUT2D eigenvalue weighted by Crippen LogP contribution is 2.33. The van der Waals surface area contributed by atoms with Crippen LogP contribution in [-0.2, 0) is 11.2 Å². The molecule has 0 aliphatic carbocycles. The van der Waals surface area contributed by atoms with Gasteiger partial charge in [-0.05, 0) is 62.1 Å². The van der Waals surface area contributed by atoms with Crippen molar-refractivity contribution < 1.29 is 18.0 Å². The van der Waals surface area contributed by atoms with Crippen LogP contribution < -0.4 is 0 Å². The van der Waals surface area contributed by atoms with Gasteiger partial charge >= 0.3 is 0 Å². The van der Waals surface area contributed by atoms with Crippen LogP contribution in [0.4, 0.5) is 8.78 Å². The fraction of sp³-hybridized carbons (Fsp3) is 0.333. The summed E-state index contributed by atoms with van der Waals surface area (Å²) >= 11 is 0. The van der Waals surface area contributed by atoms with E-state index in [1.54, 1.807) is 6.07 Å². The molecule has 2 aromatic carbocycles. The summed E-state index contributed by atoms with van der Waals surface area (Å²) in [4.78, 5) is 4.91. The summed E-state index contributed by atoms with van der Waals surface area (Å²) in [6, 6.07) is 10.3. The number of halogens is 2. The molecule has 3 heterocycles. The molecule has 1 atom stereocenters. The summed E-state index contributed by atoms with van der Waals surface area (Å²) in [5.74, 6) is -0.115. The maximum absolute atomic E-state index is 13.8. The lowest BCUT2D eigenvalue weighted by atomic mass is 10.0. The second-order valence-corrected chi connectivity index (χ2v) is 8.10. The standard InChI is InChI=1S/C24H23F2N3O2/c1-14-24(15(2)31-28-14)17-6-8-22-21(12-17)27-23(29(22)18-4-3-9-30-13-18)11-16-5-7-19(25)20(26)10-16/h5-8,10,12,18H,3-4,9,11,13H2,1-2H3. The molecule has 1 saturated heterocycles. The van der Waals surface area contributed by atoms with Crippen LogP contribution in [0, 0.1) is 25.5 Å². The lowest BCUT2D eigenvalue weighted by Gasteiger charge is -2.26. The molecule has 0 amide bonds. The van der Waals surface area contributed by atoms with Crippen LogP contribution in [0.3, 0.4) is 0 Å². The fourth-order valence-electron chi connectivity index (χ4n) is 4.49. The molecule has 1 unspecified atom stereocenters. The third-order valence-electron chi connectivity index (χ3n) is 5.93. The number of ether oxygens (including phenoxy) is 1. The van der Waals surface area contributed by atoms with E-state index < -0.39 is 11.6 Å². The van der Waals surface area contributed by atoms with E-state index in [2.05, 4.69) is 21.9 Å². The summed E-state index contributed by atoms with van der Waals surface area (Å²) in [6.45, 7) is 5.19. The molecule has 0 radical (unpaired) electrons. The number of hydrogen-bond acceptors (Lipinski definition) is 4. The molecule has 0 bridgehead atoms. The Morgan fingerprint density at radius 1 is 1.10 bits per heavy atom. The van der Waals surface area contributed by atoms with Gasteiger partial charge in [-0.3, -0.25) is 0 Å². The average molecular weight is 423 g/mol. The molecule has 1 fully saturated rings. The molecule has 5 rings (SSSR count). The van der Waals surface area contributed by atoms with Gasteiger partial charge in [-0.25, -0.2) is 13.8 Å². The zero-order chi connectivity index (χ0) is 21.5. The van der Waals surface area contributed by atoms with Gasteiger partial charge < -0.3 is 13.8 Å². The minimum atomic E-state index is -0.846. The van der Waals surface area contributed by atoms with E-state index in [-0.39, 0.29) is 6.04 Å². The van der Waals surface area contributed by atoms with Crippen molar-refractivity contribution in [1.29, 1.82) is 0 Å². The van der Waals surface area contributed by atoms with Crippen LogP contribution in [0.25, 0.3) is 22.2 Å². The molecule has 0 N–H and O–H groups in total. The molecular weight excluding hydrogens is 400 g/mol. The van der Waals surface area contributed by atoms with Crippen molar-refractivity contribution in [3.63, 3.8) is 0 Å². The van der Waals surface area contributed by atoms with Gasteiger partial charge in [0, 0.05) is 18.6 Å². The third kappa shape index (κ3) is 3.63. The van der Waals surface area contributed by atoms with E-state index >= 15 is 0 Å². The Kier molecular flexibility index (Phi) is 5.06. The van der Waals surface area contributed by atoms with E-state index in [4.69, 9.17) is 14.2 Å². The SMILES string of the molecule is Cc1noc(C)c1-c1ccc2c(c1)nc(Cc1ccc(F)c(F)c1)n2C1CCCOC1. The van der Waals surface area contributed by atoms with Crippen molar-refractivity contribution in [2.75, 3.05) is 13.2 Å². The maximum Gasteiger partial charge on any atom is 0.159 e. The smallest absolute Gasteiger partial charge is 0.159 e. The summed E-state index contributed by atoms with van der Waals surface area (Å²) in [5, 5.41) is 4.06. The molecule has 5 nitrogen and oxygen atoms in total. The fourth-order valence-corrected chi connectivity index (χ4v) is 4.49. The van der Waals surface area contributed by atoms with Gasteiger partial charge in [0.15, 0.2) is 11.6 Å². The Morgan fingerprint density at radius 2 is 1.97 bits per heavy atom. The zero-order valence-electron chi connectivity index (χ0n) is 17.5. The molecule has 1 aliphatic heterocycles. The van der Waals surface area contributed by atoms with Crippen molar-refractivity contribution in [3.05, 3.63) is 70.9 Å². The molecular formula is C24H23F2N3O2. The minimum Gasteiger partial charge on any atom is -0.379 e. The summed E-state index contributed by atoms with van der Waals surface area (Å²) in [6.07, 6.45) is 2.37. The average Bonchev–Trinajstić information content (AvgIpc) is 3.29. The van der Waals surface area contributed by atoms with Gasteiger partial charge in [0.25, 0.3) is 0 Å². The molecule has 160 valence electrons. The van der Waals surface area contributed by atoms with Crippen molar-refractivity contribution in [2.24, 2.45) is 0 Å². The Bertz CT molecular complexity index is 1240. The Hall–Kier alpha value is -3.06. The predicted octanol–water partition coefficient (Wildman–Crippen LogP) is 5.53. The van der Waals surface area contributed by atoms with Crippen LogP contribution in [0.15, 0.2) is 40.9 Å². The zero-order valence-corrected chi connectivity index (χ0v) is 17.5. The van der Waals surface area contributed by atoms with E-state index in [9.17, 15) is 8.78 Å². The number of fused-ring (bicyclic) bond motifs is 1. The van der Waals surface area contributed by atoms with Gasteiger partial charge in [0.2, 0.25) is 0 Å². The van der Waals surface area contributed by atoms with E-state index in [0.717, 1.165) is 65.0 Å². The number of hydrogen-bond donors (Lipinski definition) is 0. The van der Waals surface area contributed by atoms with Gasteiger partial charge in [-0.2, -0.15) is 0 Å². The molecule has 2 aromatic heterocycles. The lowest BCUT2D eigenvalue weighted by molar-refractivity contribution is 0.0596. The van der Waals surface area contributed by atoms with Gasteiger partial charge in [-0.1, -0.05) is 17.3 Å². The van der Waals surface area contributed by atoms with Crippen LogP contribution in [0.5, 0.6) is 0 Å². The van der Waals surface area contributed by atoms with Gasteiger partial charge in [0.1, 0.15) is 11.6 Å². The quantitative estimate of drug-likeness (QED) is 0.433. The normalized spacial score (nSPS) is 16.8. The first kappa shape index (κ1) is 19.9. The summed E-state index contributed by atoms with van der Waals surface area (Å²) < 4.78 is 40.4. The van der Waals surface area contributed by atoms with Gasteiger partial charge in [-0.15, -0.1) is 0 Å². The number of rotatable bonds is 4.